The summed E-state index contributed by atoms with van der Waals surface area (Å²) in [6.07, 6.45) is 6.94. The maximum atomic E-state index is 12.4. The van der Waals surface area contributed by atoms with Gasteiger partial charge in [0, 0.05) is 31.6 Å². The maximum Gasteiger partial charge on any atom is 0.242 e. The largest absolute Gasteiger partial charge is 0.377 e. The van der Waals surface area contributed by atoms with Gasteiger partial charge in [-0.25, -0.2) is 4.98 Å². The Morgan fingerprint density at radius 3 is 2.71 bits per heavy atom. The molecule has 24 heavy (non-hydrogen) atoms. The number of likely N-dealkylation sites (tertiary alicyclic amines) is 1. The first-order valence-corrected chi connectivity index (χ1v) is 8.70. The number of aryl methyl sites for hydroxylation is 1. The van der Waals surface area contributed by atoms with Crippen LogP contribution in [-0.2, 0) is 20.9 Å². The number of hydrogen-bond donors (Lipinski definition) is 1. The molecule has 0 saturated carbocycles. The molecule has 2 N–H and O–H groups in total. The summed E-state index contributed by atoms with van der Waals surface area (Å²) in [7, 11) is 0. The summed E-state index contributed by atoms with van der Waals surface area (Å²) in [6, 6.07) is 0. The van der Waals surface area contributed by atoms with Gasteiger partial charge in [0.25, 0.3) is 0 Å². The molecule has 132 valence electrons. The van der Waals surface area contributed by atoms with Gasteiger partial charge in [0.2, 0.25) is 11.8 Å². The van der Waals surface area contributed by atoms with Crippen molar-refractivity contribution >= 4 is 11.8 Å². The zero-order valence-corrected chi connectivity index (χ0v) is 14.2. The van der Waals surface area contributed by atoms with Gasteiger partial charge in [-0.3, -0.25) is 9.59 Å². The van der Waals surface area contributed by atoms with E-state index in [9.17, 15) is 9.59 Å². The Balaban J connectivity index is 1.46. The fraction of sp³-hybridized carbons (Fsp3) is 0.706. The van der Waals surface area contributed by atoms with Crippen LogP contribution < -0.4 is 5.73 Å². The van der Waals surface area contributed by atoms with E-state index in [4.69, 9.17) is 10.5 Å². The second kappa shape index (κ2) is 7.34. The number of carbonyl (C=O) groups excluding carboxylic acids is 2. The number of ether oxygens (including phenoxy) is 1. The van der Waals surface area contributed by atoms with Crippen molar-refractivity contribution in [3.63, 3.8) is 0 Å². The summed E-state index contributed by atoms with van der Waals surface area (Å²) < 4.78 is 7.57. The van der Waals surface area contributed by atoms with Crippen molar-refractivity contribution in [2.45, 2.75) is 45.3 Å². The number of amides is 2. The van der Waals surface area contributed by atoms with E-state index < -0.39 is 0 Å². The van der Waals surface area contributed by atoms with E-state index in [2.05, 4.69) is 4.98 Å². The lowest BCUT2D eigenvalue weighted by Crippen LogP contribution is -2.41. The number of hydrogen-bond acceptors (Lipinski definition) is 4. The minimum atomic E-state index is -0.249. The first-order chi connectivity index (χ1) is 11.5. The molecule has 0 unspecified atom stereocenters. The first kappa shape index (κ1) is 17.0. The topological polar surface area (TPSA) is 90.4 Å². The van der Waals surface area contributed by atoms with Crippen molar-refractivity contribution in [1.82, 2.24) is 14.5 Å². The molecule has 2 aliphatic heterocycles. The van der Waals surface area contributed by atoms with Crippen LogP contribution in [0.3, 0.4) is 0 Å². The summed E-state index contributed by atoms with van der Waals surface area (Å²) >= 11 is 0. The molecule has 7 heteroatoms. The molecule has 1 aromatic heterocycles. The SMILES string of the molecule is Cc1cncn1CC(=O)N1CCC(C[C@H]2OCC[C@H]2C(N)=O)CC1. The van der Waals surface area contributed by atoms with E-state index >= 15 is 0 Å². The van der Waals surface area contributed by atoms with Gasteiger partial charge in [-0.05, 0) is 38.5 Å². The summed E-state index contributed by atoms with van der Waals surface area (Å²) in [4.78, 5) is 29.8. The molecular formula is C17H26N4O3. The summed E-state index contributed by atoms with van der Waals surface area (Å²) in [6.45, 7) is 4.46. The number of primary amides is 1. The zero-order chi connectivity index (χ0) is 17.1. The van der Waals surface area contributed by atoms with Crippen molar-refractivity contribution in [3.05, 3.63) is 18.2 Å². The smallest absolute Gasteiger partial charge is 0.242 e. The monoisotopic (exact) mass is 334 g/mol. The molecule has 0 aromatic carbocycles. The highest BCUT2D eigenvalue weighted by molar-refractivity contribution is 5.77. The van der Waals surface area contributed by atoms with Crippen LogP contribution >= 0.6 is 0 Å². The second-order valence-electron chi connectivity index (χ2n) is 6.93. The normalized spacial score (nSPS) is 25.1. The predicted octanol–water partition coefficient (Wildman–Crippen LogP) is 0.711. The molecule has 0 bridgehead atoms. The van der Waals surface area contributed by atoms with Crippen molar-refractivity contribution in [2.24, 2.45) is 17.6 Å². The number of rotatable bonds is 5. The fourth-order valence-corrected chi connectivity index (χ4v) is 3.75. The standard InChI is InChI=1S/C17H26N4O3/c1-12-9-19-11-21(12)10-16(22)20-5-2-13(3-6-20)8-15-14(17(18)23)4-7-24-15/h9,11,13-15H,2-8,10H2,1H3,(H2,18,23)/t14-,15-/m1/s1. The lowest BCUT2D eigenvalue weighted by atomic mass is 9.86. The number of carbonyl (C=O) groups is 2. The van der Waals surface area contributed by atoms with Gasteiger partial charge in [0.15, 0.2) is 0 Å². The Labute approximate surface area is 142 Å². The molecule has 0 aliphatic carbocycles. The van der Waals surface area contributed by atoms with Crippen LogP contribution in [0.1, 0.15) is 31.4 Å². The van der Waals surface area contributed by atoms with Crippen molar-refractivity contribution in [1.29, 1.82) is 0 Å². The Hall–Kier alpha value is -1.89. The molecule has 2 fully saturated rings. The quantitative estimate of drug-likeness (QED) is 0.858. The highest BCUT2D eigenvalue weighted by Gasteiger charge is 2.35. The van der Waals surface area contributed by atoms with Crippen LogP contribution in [0.2, 0.25) is 0 Å². The Morgan fingerprint density at radius 2 is 2.08 bits per heavy atom. The van der Waals surface area contributed by atoms with Gasteiger partial charge >= 0.3 is 0 Å². The van der Waals surface area contributed by atoms with Gasteiger partial charge in [0.05, 0.1) is 18.3 Å². The van der Waals surface area contributed by atoms with Crippen molar-refractivity contribution < 1.29 is 14.3 Å². The van der Waals surface area contributed by atoms with Gasteiger partial charge in [-0.1, -0.05) is 0 Å². The zero-order valence-electron chi connectivity index (χ0n) is 14.2. The summed E-state index contributed by atoms with van der Waals surface area (Å²) in [5.74, 6) is 0.241. The van der Waals surface area contributed by atoms with Crippen molar-refractivity contribution in [3.8, 4) is 0 Å². The van der Waals surface area contributed by atoms with Crippen LogP contribution in [0.5, 0.6) is 0 Å². The lowest BCUT2D eigenvalue weighted by molar-refractivity contribution is -0.133. The Kier molecular flexibility index (Phi) is 5.18. The molecule has 3 heterocycles. The minimum Gasteiger partial charge on any atom is -0.377 e. The Morgan fingerprint density at radius 1 is 1.33 bits per heavy atom. The maximum absolute atomic E-state index is 12.4. The number of aromatic nitrogens is 2. The number of nitrogens with two attached hydrogens (primary N) is 1. The molecule has 2 saturated heterocycles. The number of nitrogens with zero attached hydrogens (tertiary/aromatic N) is 3. The van der Waals surface area contributed by atoms with Crippen LogP contribution in [-0.4, -0.2) is 52.1 Å². The highest BCUT2D eigenvalue weighted by atomic mass is 16.5. The summed E-state index contributed by atoms with van der Waals surface area (Å²) in [5.41, 5.74) is 6.45. The number of piperidine rings is 1. The van der Waals surface area contributed by atoms with Crippen LogP contribution in [0.4, 0.5) is 0 Å². The second-order valence-corrected chi connectivity index (χ2v) is 6.93. The van der Waals surface area contributed by atoms with Crippen LogP contribution in [0.15, 0.2) is 12.5 Å². The molecule has 3 rings (SSSR count). The first-order valence-electron chi connectivity index (χ1n) is 8.70. The van der Waals surface area contributed by atoms with Gasteiger partial charge in [-0.15, -0.1) is 0 Å². The van der Waals surface area contributed by atoms with E-state index in [1.54, 1.807) is 12.5 Å². The average Bonchev–Trinajstić information content (AvgIpc) is 3.18. The predicted molar refractivity (Wildman–Crippen MR) is 87.9 cm³/mol. The van der Waals surface area contributed by atoms with Gasteiger partial charge < -0.3 is 19.9 Å². The molecule has 0 spiro atoms. The van der Waals surface area contributed by atoms with E-state index in [1.807, 2.05) is 16.4 Å². The fourth-order valence-electron chi connectivity index (χ4n) is 3.75. The molecule has 0 radical (unpaired) electrons. The lowest BCUT2D eigenvalue weighted by Gasteiger charge is -2.33. The molecule has 2 amide bonds. The molecular weight excluding hydrogens is 308 g/mol. The van der Waals surface area contributed by atoms with Gasteiger partial charge in [-0.2, -0.15) is 0 Å². The third kappa shape index (κ3) is 3.77. The van der Waals surface area contributed by atoms with E-state index in [0.29, 0.717) is 19.1 Å². The van der Waals surface area contributed by atoms with E-state index in [-0.39, 0.29) is 23.8 Å². The molecule has 7 nitrogen and oxygen atoms in total. The van der Waals surface area contributed by atoms with Crippen molar-refractivity contribution in [2.75, 3.05) is 19.7 Å². The molecule has 2 aliphatic rings. The summed E-state index contributed by atoms with van der Waals surface area (Å²) in [5, 5.41) is 0. The molecule has 2 atom stereocenters. The Bertz CT molecular complexity index is 592. The molecule has 1 aromatic rings. The van der Waals surface area contributed by atoms with E-state index in [1.165, 1.54) is 0 Å². The third-order valence-corrected chi connectivity index (χ3v) is 5.33. The van der Waals surface area contributed by atoms with Crippen LogP contribution in [0.25, 0.3) is 0 Å². The van der Waals surface area contributed by atoms with Gasteiger partial charge in [0.1, 0.15) is 6.54 Å². The van der Waals surface area contributed by atoms with E-state index in [0.717, 1.165) is 44.5 Å². The third-order valence-electron chi connectivity index (χ3n) is 5.33. The number of imidazole rings is 1. The average molecular weight is 334 g/mol. The highest BCUT2D eigenvalue weighted by Crippen LogP contribution is 2.30. The van der Waals surface area contributed by atoms with Crippen LogP contribution in [0, 0.1) is 18.8 Å². The minimum absolute atomic E-state index is 0.0386.